The molecule has 4 aromatic heterocycles. The summed E-state index contributed by atoms with van der Waals surface area (Å²) in [4.78, 5) is 22.8. The molecule has 4 aromatic rings. The monoisotopic (exact) mass is 330 g/mol. The lowest BCUT2D eigenvalue weighted by molar-refractivity contribution is 0.342. The number of hydrogen-bond donors (Lipinski definition) is 0. The molecule has 0 N–H and O–H groups in total. The summed E-state index contributed by atoms with van der Waals surface area (Å²) in [5, 5.41) is 8.40. The van der Waals surface area contributed by atoms with Crippen LogP contribution in [0.2, 0.25) is 0 Å². The van der Waals surface area contributed by atoms with Crippen LogP contribution in [-0.4, -0.2) is 19.7 Å². The van der Waals surface area contributed by atoms with Gasteiger partial charge in [0.05, 0.1) is 16.6 Å². The maximum Gasteiger partial charge on any atom is 0.262 e. The van der Waals surface area contributed by atoms with Gasteiger partial charge < -0.3 is 4.52 Å². The highest BCUT2D eigenvalue weighted by Gasteiger charge is 2.19. The van der Waals surface area contributed by atoms with E-state index in [9.17, 15) is 4.79 Å². The molecule has 1 unspecified atom stereocenters. The van der Waals surface area contributed by atoms with Crippen LogP contribution >= 0.6 is 22.7 Å². The SMILES string of the molecule is CC(c1nc(-c2cccs2)no1)n1cnc2sccc2c1=O. The van der Waals surface area contributed by atoms with Gasteiger partial charge in [-0.2, -0.15) is 4.98 Å². The molecular formula is C14H10N4O2S2. The number of nitrogens with zero attached hydrogens (tertiary/aromatic N) is 4. The molecular weight excluding hydrogens is 320 g/mol. The van der Waals surface area contributed by atoms with Crippen molar-refractivity contribution in [2.45, 2.75) is 13.0 Å². The van der Waals surface area contributed by atoms with E-state index in [0.29, 0.717) is 17.1 Å². The first kappa shape index (κ1) is 13.4. The Balaban J connectivity index is 1.75. The van der Waals surface area contributed by atoms with Crippen LogP contribution in [0, 0.1) is 0 Å². The molecule has 0 aliphatic carbocycles. The van der Waals surface area contributed by atoms with Crippen LogP contribution in [0.5, 0.6) is 0 Å². The van der Waals surface area contributed by atoms with Crippen LogP contribution in [0.15, 0.2) is 44.6 Å². The van der Waals surface area contributed by atoms with Gasteiger partial charge >= 0.3 is 0 Å². The molecule has 0 spiro atoms. The fraction of sp³-hybridized carbons (Fsp3) is 0.143. The van der Waals surface area contributed by atoms with Crippen LogP contribution in [0.3, 0.4) is 0 Å². The van der Waals surface area contributed by atoms with Gasteiger partial charge in [0, 0.05) is 0 Å². The topological polar surface area (TPSA) is 73.8 Å². The van der Waals surface area contributed by atoms with E-state index in [2.05, 4.69) is 15.1 Å². The Kier molecular flexibility index (Phi) is 3.12. The normalized spacial score (nSPS) is 12.8. The van der Waals surface area contributed by atoms with Crippen LogP contribution in [-0.2, 0) is 0 Å². The van der Waals surface area contributed by atoms with Crippen LogP contribution in [0.1, 0.15) is 18.9 Å². The van der Waals surface area contributed by atoms with Crippen LogP contribution in [0.4, 0.5) is 0 Å². The third-order valence-corrected chi connectivity index (χ3v) is 5.05. The van der Waals surface area contributed by atoms with Crippen LogP contribution in [0.25, 0.3) is 20.9 Å². The molecule has 0 aromatic carbocycles. The molecule has 110 valence electrons. The minimum Gasteiger partial charge on any atom is -0.337 e. The minimum atomic E-state index is -0.370. The summed E-state index contributed by atoms with van der Waals surface area (Å²) in [7, 11) is 0. The Bertz CT molecular complexity index is 984. The second kappa shape index (κ2) is 5.15. The van der Waals surface area contributed by atoms with E-state index in [0.717, 1.165) is 9.71 Å². The lowest BCUT2D eigenvalue weighted by Crippen LogP contribution is -2.24. The first-order valence-electron chi connectivity index (χ1n) is 6.56. The molecule has 0 bridgehead atoms. The maximum absolute atomic E-state index is 12.5. The van der Waals surface area contributed by atoms with Crippen molar-refractivity contribution in [1.82, 2.24) is 19.7 Å². The molecule has 4 heterocycles. The number of fused-ring (bicyclic) bond motifs is 1. The molecule has 0 aliphatic heterocycles. The summed E-state index contributed by atoms with van der Waals surface area (Å²) in [5.74, 6) is 0.927. The van der Waals surface area contributed by atoms with Crippen molar-refractivity contribution < 1.29 is 4.52 Å². The second-order valence-corrected chi connectivity index (χ2v) is 6.55. The molecule has 22 heavy (non-hydrogen) atoms. The molecule has 0 radical (unpaired) electrons. The molecule has 0 saturated carbocycles. The fourth-order valence-corrected chi connectivity index (χ4v) is 3.55. The fourth-order valence-electron chi connectivity index (χ4n) is 2.18. The third-order valence-electron chi connectivity index (χ3n) is 3.37. The molecule has 8 heteroatoms. The molecule has 0 aliphatic rings. The maximum atomic E-state index is 12.5. The first-order chi connectivity index (χ1) is 10.7. The first-order valence-corrected chi connectivity index (χ1v) is 8.32. The summed E-state index contributed by atoms with van der Waals surface area (Å²) in [5.41, 5.74) is -0.102. The van der Waals surface area contributed by atoms with Gasteiger partial charge in [0.1, 0.15) is 10.9 Å². The predicted octanol–water partition coefficient (Wildman–Crippen LogP) is 3.18. The summed E-state index contributed by atoms with van der Waals surface area (Å²) >= 11 is 2.98. The summed E-state index contributed by atoms with van der Waals surface area (Å²) in [6.07, 6.45) is 1.53. The summed E-state index contributed by atoms with van der Waals surface area (Å²) in [6.45, 7) is 1.84. The molecule has 1 atom stereocenters. The Morgan fingerprint density at radius 2 is 2.18 bits per heavy atom. The zero-order chi connectivity index (χ0) is 15.1. The predicted molar refractivity (Wildman–Crippen MR) is 85.3 cm³/mol. The van der Waals surface area contributed by atoms with Gasteiger partial charge in [-0.25, -0.2) is 4.98 Å². The van der Waals surface area contributed by atoms with Gasteiger partial charge in [0.2, 0.25) is 11.7 Å². The highest BCUT2D eigenvalue weighted by atomic mass is 32.1. The van der Waals surface area contributed by atoms with E-state index >= 15 is 0 Å². The zero-order valence-electron chi connectivity index (χ0n) is 11.5. The van der Waals surface area contributed by atoms with E-state index in [1.807, 2.05) is 29.8 Å². The van der Waals surface area contributed by atoms with Gasteiger partial charge in [-0.05, 0) is 29.8 Å². The van der Waals surface area contributed by atoms with E-state index in [-0.39, 0.29) is 11.6 Å². The van der Waals surface area contributed by atoms with Crippen molar-refractivity contribution in [3.05, 3.63) is 51.5 Å². The number of thiophene rings is 2. The zero-order valence-corrected chi connectivity index (χ0v) is 13.1. The summed E-state index contributed by atoms with van der Waals surface area (Å²) < 4.78 is 6.83. The Morgan fingerprint density at radius 1 is 1.27 bits per heavy atom. The lowest BCUT2D eigenvalue weighted by atomic mass is 10.3. The number of hydrogen-bond acceptors (Lipinski definition) is 7. The van der Waals surface area contributed by atoms with E-state index in [1.165, 1.54) is 33.6 Å². The Morgan fingerprint density at radius 3 is 3.00 bits per heavy atom. The highest BCUT2D eigenvalue weighted by Crippen LogP contribution is 2.24. The van der Waals surface area contributed by atoms with Crippen molar-refractivity contribution >= 4 is 32.9 Å². The highest BCUT2D eigenvalue weighted by molar-refractivity contribution is 7.16. The van der Waals surface area contributed by atoms with Crippen molar-refractivity contribution in [3.8, 4) is 10.7 Å². The Labute approximate surface area is 132 Å². The smallest absolute Gasteiger partial charge is 0.262 e. The van der Waals surface area contributed by atoms with Crippen molar-refractivity contribution in [1.29, 1.82) is 0 Å². The Hall–Kier alpha value is -2.32. The van der Waals surface area contributed by atoms with Gasteiger partial charge in [0.25, 0.3) is 5.56 Å². The van der Waals surface area contributed by atoms with Crippen LogP contribution < -0.4 is 5.56 Å². The molecule has 4 rings (SSSR count). The van der Waals surface area contributed by atoms with E-state index in [4.69, 9.17) is 4.52 Å². The third kappa shape index (κ3) is 2.08. The summed E-state index contributed by atoms with van der Waals surface area (Å²) in [6, 6.07) is 5.27. The van der Waals surface area contributed by atoms with Crippen molar-refractivity contribution in [2.75, 3.05) is 0 Å². The quantitative estimate of drug-likeness (QED) is 0.577. The van der Waals surface area contributed by atoms with E-state index < -0.39 is 0 Å². The minimum absolute atomic E-state index is 0.102. The lowest BCUT2D eigenvalue weighted by Gasteiger charge is -2.09. The molecule has 0 saturated heterocycles. The average Bonchev–Trinajstić information content (AvgIpc) is 3.26. The van der Waals surface area contributed by atoms with Gasteiger partial charge in [-0.3, -0.25) is 9.36 Å². The largest absolute Gasteiger partial charge is 0.337 e. The number of aromatic nitrogens is 4. The molecule has 6 nitrogen and oxygen atoms in total. The number of rotatable bonds is 3. The second-order valence-electron chi connectivity index (χ2n) is 4.71. The molecule has 0 amide bonds. The standard InChI is InChI=1S/C14H10N4O2S2/c1-8(12-16-11(17-20-12)10-3-2-5-21-10)18-7-15-13-9(14(18)19)4-6-22-13/h2-8H,1H3. The van der Waals surface area contributed by atoms with Crippen molar-refractivity contribution in [2.24, 2.45) is 0 Å². The van der Waals surface area contributed by atoms with E-state index in [1.54, 1.807) is 6.07 Å². The average molecular weight is 330 g/mol. The van der Waals surface area contributed by atoms with Gasteiger partial charge in [-0.1, -0.05) is 11.2 Å². The van der Waals surface area contributed by atoms with Gasteiger partial charge in [0.15, 0.2) is 0 Å². The van der Waals surface area contributed by atoms with Crippen molar-refractivity contribution in [3.63, 3.8) is 0 Å². The molecule has 0 fully saturated rings. The van der Waals surface area contributed by atoms with Gasteiger partial charge in [-0.15, -0.1) is 22.7 Å².